The molecule has 3 aromatic rings. The minimum absolute atomic E-state index is 0.0122. The summed E-state index contributed by atoms with van der Waals surface area (Å²) in [6.07, 6.45) is 3.65. The summed E-state index contributed by atoms with van der Waals surface area (Å²) in [7, 11) is 0. The van der Waals surface area contributed by atoms with Gasteiger partial charge in [-0.3, -0.25) is 4.79 Å². The molecule has 0 saturated heterocycles. The van der Waals surface area contributed by atoms with Crippen LogP contribution in [-0.4, -0.2) is 22.3 Å². The van der Waals surface area contributed by atoms with Gasteiger partial charge < -0.3 is 10.1 Å². The van der Waals surface area contributed by atoms with Crippen molar-refractivity contribution < 1.29 is 9.53 Å². The fourth-order valence-electron chi connectivity index (χ4n) is 2.63. The molecule has 140 valence electrons. The summed E-state index contributed by atoms with van der Waals surface area (Å²) in [6, 6.07) is 17.7. The molecule has 0 atom stereocenters. The zero-order valence-corrected chi connectivity index (χ0v) is 16.0. The van der Waals surface area contributed by atoms with Gasteiger partial charge in [0.1, 0.15) is 5.75 Å². The zero-order chi connectivity index (χ0) is 19.3. The monoisotopic (exact) mass is 363 g/mol. The lowest BCUT2D eigenvalue weighted by atomic mass is 9.87. The van der Waals surface area contributed by atoms with Gasteiger partial charge >= 0.3 is 0 Å². The molecule has 0 radical (unpaired) electrons. The molecule has 0 aliphatic heterocycles. The van der Waals surface area contributed by atoms with Crippen molar-refractivity contribution >= 4 is 5.91 Å². The summed E-state index contributed by atoms with van der Waals surface area (Å²) in [5.41, 5.74) is 3.24. The van der Waals surface area contributed by atoms with Crippen LogP contribution in [0.15, 0.2) is 67.0 Å². The van der Waals surface area contributed by atoms with Gasteiger partial charge in [-0.15, -0.1) is 0 Å². The highest BCUT2D eigenvalue weighted by atomic mass is 16.5. The van der Waals surface area contributed by atoms with E-state index in [4.69, 9.17) is 4.74 Å². The Kier molecular flexibility index (Phi) is 5.60. The SMILES string of the molecule is CC(C)(C)c1ccc(OCC(=O)NCc2cnn(-c3ccccc3)c2)cc1. The first-order chi connectivity index (χ1) is 12.9. The molecule has 0 aliphatic carbocycles. The molecule has 2 aromatic carbocycles. The topological polar surface area (TPSA) is 56.1 Å². The molecule has 0 fully saturated rings. The lowest BCUT2D eigenvalue weighted by molar-refractivity contribution is -0.123. The molecular formula is C22H25N3O2. The zero-order valence-electron chi connectivity index (χ0n) is 16.0. The van der Waals surface area contributed by atoms with Gasteiger partial charge in [-0.1, -0.05) is 51.1 Å². The Labute approximate surface area is 160 Å². The van der Waals surface area contributed by atoms with Crippen LogP contribution in [0, 0.1) is 0 Å². The number of rotatable bonds is 6. The van der Waals surface area contributed by atoms with Gasteiger partial charge in [-0.2, -0.15) is 5.10 Å². The normalized spacial score (nSPS) is 11.2. The first-order valence-corrected chi connectivity index (χ1v) is 9.01. The minimum atomic E-state index is -0.164. The van der Waals surface area contributed by atoms with Crippen molar-refractivity contribution in [3.63, 3.8) is 0 Å². The minimum Gasteiger partial charge on any atom is -0.484 e. The molecule has 1 amide bonds. The van der Waals surface area contributed by atoms with E-state index in [-0.39, 0.29) is 17.9 Å². The number of hydrogen-bond donors (Lipinski definition) is 1. The van der Waals surface area contributed by atoms with Gasteiger partial charge in [0, 0.05) is 18.3 Å². The van der Waals surface area contributed by atoms with Crippen LogP contribution >= 0.6 is 0 Å². The number of carbonyl (C=O) groups is 1. The van der Waals surface area contributed by atoms with Crippen LogP contribution in [0.1, 0.15) is 31.9 Å². The summed E-state index contributed by atoms with van der Waals surface area (Å²) >= 11 is 0. The lowest BCUT2D eigenvalue weighted by Crippen LogP contribution is -2.28. The van der Waals surface area contributed by atoms with E-state index in [1.165, 1.54) is 5.56 Å². The molecule has 1 N–H and O–H groups in total. The average Bonchev–Trinajstić information content (AvgIpc) is 3.14. The van der Waals surface area contributed by atoms with Crippen LogP contribution in [0.3, 0.4) is 0 Å². The summed E-state index contributed by atoms with van der Waals surface area (Å²) in [6.45, 7) is 6.89. The van der Waals surface area contributed by atoms with Crippen molar-refractivity contribution in [2.45, 2.75) is 32.7 Å². The number of amides is 1. The fraction of sp³-hybridized carbons (Fsp3) is 0.273. The van der Waals surface area contributed by atoms with Gasteiger partial charge in [-0.25, -0.2) is 4.68 Å². The Morgan fingerprint density at radius 2 is 1.78 bits per heavy atom. The molecular weight excluding hydrogens is 338 g/mol. The van der Waals surface area contributed by atoms with Crippen molar-refractivity contribution in [2.24, 2.45) is 0 Å². The van der Waals surface area contributed by atoms with E-state index in [9.17, 15) is 4.79 Å². The van der Waals surface area contributed by atoms with Crippen LogP contribution in [0.25, 0.3) is 5.69 Å². The predicted octanol–water partition coefficient (Wildman–Crippen LogP) is 3.87. The number of carbonyl (C=O) groups excluding carboxylic acids is 1. The smallest absolute Gasteiger partial charge is 0.258 e. The maximum absolute atomic E-state index is 12.0. The number of nitrogens with zero attached hydrogens (tertiary/aromatic N) is 2. The highest BCUT2D eigenvalue weighted by Crippen LogP contribution is 2.24. The second kappa shape index (κ2) is 8.08. The second-order valence-corrected chi connectivity index (χ2v) is 7.47. The van der Waals surface area contributed by atoms with Gasteiger partial charge in [0.05, 0.1) is 11.9 Å². The van der Waals surface area contributed by atoms with Crippen molar-refractivity contribution in [1.82, 2.24) is 15.1 Å². The number of aromatic nitrogens is 2. The fourth-order valence-corrected chi connectivity index (χ4v) is 2.63. The van der Waals surface area contributed by atoms with E-state index in [2.05, 4.69) is 31.2 Å². The van der Waals surface area contributed by atoms with Crippen LogP contribution in [-0.2, 0) is 16.8 Å². The van der Waals surface area contributed by atoms with E-state index < -0.39 is 0 Å². The summed E-state index contributed by atoms with van der Waals surface area (Å²) < 4.78 is 7.35. The highest BCUT2D eigenvalue weighted by molar-refractivity contribution is 5.77. The Balaban J connectivity index is 1.47. The number of para-hydroxylation sites is 1. The van der Waals surface area contributed by atoms with Gasteiger partial charge in [0.2, 0.25) is 0 Å². The highest BCUT2D eigenvalue weighted by Gasteiger charge is 2.13. The predicted molar refractivity (Wildman–Crippen MR) is 106 cm³/mol. The van der Waals surface area contributed by atoms with Gasteiger partial charge in [-0.05, 0) is 35.2 Å². The van der Waals surface area contributed by atoms with E-state index in [1.54, 1.807) is 10.9 Å². The molecule has 5 heteroatoms. The van der Waals surface area contributed by atoms with E-state index in [0.29, 0.717) is 12.3 Å². The van der Waals surface area contributed by atoms with E-state index in [1.807, 2.05) is 60.8 Å². The molecule has 0 aliphatic rings. The second-order valence-electron chi connectivity index (χ2n) is 7.47. The largest absolute Gasteiger partial charge is 0.484 e. The third kappa shape index (κ3) is 5.20. The Morgan fingerprint density at radius 1 is 1.07 bits per heavy atom. The standard InChI is InChI=1S/C22H25N3O2/c1-22(2,3)18-9-11-20(12-10-18)27-16-21(26)23-13-17-14-24-25(15-17)19-7-5-4-6-8-19/h4-12,14-15H,13,16H2,1-3H3,(H,23,26). The quantitative estimate of drug-likeness (QED) is 0.723. The molecule has 0 bridgehead atoms. The van der Waals surface area contributed by atoms with Crippen LogP contribution in [0.5, 0.6) is 5.75 Å². The summed E-state index contributed by atoms with van der Waals surface area (Å²) in [5, 5.41) is 7.17. The molecule has 1 heterocycles. The molecule has 1 aromatic heterocycles. The average molecular weight is 363 g/mol. The third-order valence-corrected chi connectivity index (χ3v) is 4.24. The molecule has 0 unspecified atom stereocenters. The molecule has 5 nitrogen and oxygen atoms in total. The van der Waals surface area contributed by atoms with Crippen molar-refractivity contribution in [2.75, 3.05) is 6.61 Å². The molecule has 0 saturated carbocycles. The maximum atomic E-state index is 12.0. The summed E-state index contributed by atoms with van der Waals surface area (Å²) in [4.78, 5) is 12.0. The van der Waals surface area contributed by atoms with Crippen molar-refractivity contribution in [3.05, 3.63) is 78.1 Å². The van der Waals surface area contributed by atoms with Crippen LogP contribution in [0.4, 0.5) is 0 Å². The third-order valence-electron chi connectivity index (χ3n) is 4.24. The number of ether oxygens (including phenoxy) is 1. The number of benzene rings is 2. The molecule has 27 heavy (non-hydrogen) atoms. The van der Waals surface area contributed by atoms with Crippen LogP contribution in [0.2, 0.25) is 0 Å². The lowest BCUT2D eigenvalue weighted by Gasteiger charge is -2.19. The van der Waals surface area contributed by atoms with E-state index >= 15 is 0 Å². The Bertz CT molecular complexity index is 878. The molecule has 3 rings (SSSR count). The number of hydrogen-bond acceptors (Lipinski definition) is 3. The molecule has 0 spiro atoms. The first-order valence-electron chi connectivity index (χ1n) is 9.01. The van der Waals surface area contributed by atoms with Crippen LogP contribution < -0.4 is 10.1 Å². The Morgan fingerprint density at radius 3 is 2.44 bits per heavy atom. The van der Waals surface area contributed by atoms with Crippen molar-refractivity contribution in [1.29, 1.82) is 0 Å². The van der Waals surface area contributed by atoms with E-state index in [0.717, 1.165) is 11.3 Å². The van der Waals surface area contributed by atoms with Gasteiger partial charge in [0.25, 0.3) is 5.91 Å². The first kappa shape index (κ1) is 18.7. The maximum Gasteiger partial charge on any atom is 0.258 e. The van der Waals surface area contributed by atoms with Gasteiger partial charge in [0.15, 0.2) is 6.61 Å². The van der Waals surface area contributed by atoms with Crippen molar-refractivity contribution in [3.8, 4) is 11.4 Å². The number of nitrogens with one attached hydrogen (secondary N) is 1. The summed E-state index contributed by atoms with van der Waals surface area (Å²) in [5.74, 6) is 0.525. The Hall–Kier alpha value is -3.08.